The molecule has 138 valence electrons. The van der Waals surface area contributed by atoms with Gasteiger partial charge in [-0.15, -0.1) is 11.3 Å². The molecular formula is C19H17FN4O2S. The van der Waals surface area contributed by atoms with Gasteiger partial charge < -0.3 is 10.2 Å². The molecule has 1 aliphatic heterocycles. The highest BCUT2D eigenvalue weighted by Gasteiger charge is 2.52. The summed E-state index contributed by atoms with van der Waals surface area (Å²) in [6, 6.07) is 4.93. The predicted molar refractivity (Wildman–Crippen MR) is 98.1 cm³/mol. The second-order valence-corrected chi connectivity index (χ2v) is 8.10. The Labute approximate surface area is 159 Å². The van der Waals surface area contributed by atoms with Crippen LogP contribution in [0.1, 0.15) is 45.4 Å². The average molecular weight is 384 g/mol. The van der Waals surface area contributed by atoms with Gasteiger partial charge >= 0.3 is 0 Å². The van der Waals surface area contributed by atoms with Crippen molar-refractivity contribution in [3.05, 3.63) is 45.0 Å². The van der Waals surface area contributed by atoms with Gasteiger partial charge in [-0.25, -0.2) is 9.37 Å². The fourth-order valence-electron chi connectivity index (χ4n) is 3.48. The lowest BCUT2D eigenvalue weighted by Gasteiger charge is -2.32. The first-order chi connectivity index (χ1) is 13.0. The summed E-state index contributed by atoms with van der Waals surface area (Å²) in [4.78, 5) is 32.4. The first kappa shape index (κ1) is 17.6. The third-order valence-electron chi connectivity index (χ3n) is 5.09. The number of pyridine rings is 1. The Morgan fingerprint density at radius 2 is 2.26 bits per heavy atom. The van der Waals surface area contributed by atoms with E-state index < -0.39 is 11.7 Å². The van der Waals surface area contributed by atoms with E-state index in [1.54, 1.807) is 11.0 Å². The van der Waals surface area contributed by atoms with Crippen LogP contribution in [0.4, 0.5) is 10.2 Å². The van der Waals surface area contributed by atoms with Crippen LogP contribution >= 0.6 is 11.3 Å². The minimum absolute atomic E-state index is 0.0224. The minimum Gasteiger partial charge on any atom is -0.328 e. The average Bonchev–Trinajstić information content (AvgIpc) is 3.28. The highest BCUT2D eigenvalue weighted by molar-refractivity contribution is 7.14. The number of carbonyl (C=O) groups excluding carboxylic acids is 2. The van der Waals surface area contributed by atoms with Crippen molar-refractivity contribution < 1.29 is 14.0 Å². The third-order valence-corrected chi connectivity index (χ3v) is 6.36. The van der Waals surface area contributed by atoms with Gasteiger partial charge in [0.15, 0.2) is 11.6 Å². The normalized spacial score (nSPS) is 16.8. The van der Waals surface area contributed by atoms with E-state index in [1.165, 1.54) is 22.4 Å². The molecule has 1 aliphatic carbocycles. The molecule has 0 radical (unpaired) electrons. The van der Waals surface area contributed by atoms with Gasteiger partial charge in [-0.1, -0.05) is 6.92 Å². The van der Waals surface area contributed by atoms with Gasteiger partial charge in [-0.2, -0.15) is 5.26 Å². The van der Waals surface area contributed by atoms with Gasteiger partial charge in [-0.05, 0) is 37.0 Å². The number of carbonyl (C=O) groups is 2. The Balaban J connectivity index is 1.51. The zero-order chi connectivity index (χ0) is 19.2. The maximum atomic E-state index is 13.9. The molecule has 1 saturated carbocycles. The van der Waals surface area contributed by atoms with Crippen LogP contribution in [0.5, 0.6) is 0 Å². The van der Waals surface area contributed by atoms with Crippen LogP contribution in [0.3, 0.4) is 0 Å². The molecule has 0 aromatic carbocycles. The molecule has 2 aromatic heterocycles. The summed E-state index contributed by atoms with van der Waals surface area (Å²) < 4.78 is 13.9. The Morgan fingerprint density at radius 3 is 2.89 bits per heavy atom. The van der Waals surface area contributed by atoms with E-state index in [0.29, 0.717) is 6.54 Å². The molecular weight excluding hydrogens is 367 g/mol. The van der Waals surface area contributed by atoms with E-state index in [9.17, 15) is 14.0 Å². The molecule has 2 aromatic rings. The van der Waals surface area contributed by atoms with Crippen molar-refractivity contribution in [2.45, 2.75) is 31.6 Å². The molecule has 3 heterocycles. The molecule has 8 heteroatoms. The summed E-state index contributed by atoms with van der Waals surface area (Å²) in [7, 11) is 0. The quantitative estimate of drug-likeness (QED) is 0.878. The number of anilines is 1. The van der Waals surface area contributed by atoms with Crippen LogP contribution in [0, 0.1) is 17.1 Å². The number of aryl methyl sites for hydroxylation is 1. The minimum atomic E-state index is -0.779. The number of thiophene rings is 1. The first-order valence-electron chi connectivity index (χ1n) is 8.74. The lowest BCUT2D eigenvalue weighted by Crippen LogP contribution is -2.46. The highest BCUT2D eigenvalue weighted by Crippen LogP contribution is 2.54. The van der Waals surface area contributed by atoms with Crippen molar-refractivity contribution >= 4 is 29.0 Å². The molecule has 1 spiro atoms. The number of nitriles is 1. The molecule has 1 fully saturated rings. The Hall–Kier alpha value is -2.79. The maximum Gasteiger partial charge on any atom is 0.264 e. The Kier molecular flexibility index (Phi) is 4.19. The smallest absolute Gasteiger partial charge is 0.264 e. The summed E-state index contributed by atoms with van der Waals surface area (Å²) in [6.07, 6.45) is 4.09. The fraction of sp³-hybridized carbons (Fsp3) is 0.368. The van der Waals surface area contributed by atoms with Crippen molar-refractivity contribution in [2.24, 2.45) is 0 Å². The monoisotopic (exact) mass is 384 g/mol. The molecule has 0 bridgehead atoms. The van der Waals surface area contributed by atoms with E-state index in [0.717, 1.165) is 35.8 Å². The van der Waals surface area contributed by atoms with Crippen LogP contribution in [0.2, 0.25) is 0 Å². The standard InChI is InChI=1S/C19H17FN4O2S/c1-2-12-6-13-16(27-12)18(26)24(10-19(13)3-4-19)9-15(25)23-17-14(20)5-11(7-21)8-22-17/h5-6,8H,2-4,9-10H2,1H3,(H,22,23,25). The van der Waals surface area contributed by atoms with Gasteiger partial charge in [0.2, 0.25) is 5.91 Å². The highest BCUT2D eigenvalue weighted by atomic mass is 32.1. The molecule has 6 nitrogen and oxygen atoms in total. The number of rotatable bonds is 4. The SMILES string of the molecule is CCc1cc2c(s1)C(=O)N(CC(=O)Nc1ncc(C#N)cc1F)CC21CC1. The van der Waals surface area contributed by atoms with Crippen molar-refractivity contribution in [1.82, 2.24) is 9.88 Å². The van der Waals surface area contributed by atoms with E-state index in [4.69, 9.17) is 5.26 Å². The van der Waals surface area contributed by atoms with Crippen LogP contribution < -0.4 is 5.32 Å². The van der Waals surface area contributed by atoms with Crippen molar-refractivity contribution in [3.8, 4) is 6.07 Å². The number of halogens is 1. The van der Waals surface area contributed by atoms with Crippen LogP contribution in [-0.2, 0) is 16.6 Å². The van der Waals surface area contributed by atoms with Gasteiger partial charge in [0.1, 0.15) is 12.6 Å². The zero-order valence-electron chi connectivity index (χ0n) is 14.7. The fourth-order valence-corrected chi connectivity index (χ4v) is 4.66. The molecule has 27 heavy (non-hydrogen) atoms. The number of hydrogen-bond acceptors (Lipinski definition) is 5. The summed E-state index contributed by atoms with van der Waals surface area (Å²) in [5.41, 5.74) is 1.18. The molecule has 2 amide bonds. The second kappa shape index (κ2) is 6.43. The molecule has 4 rings (SSSR count). The van der Waals surface area contributed by atoms with Gasteiger partial charge in [0.25, 0.3) is 5.91 Å². The van der Waals surface area contributed by atoms with Crippen LogP contribution in [0.15, 0.2) is 18.3 Å². The number of nitrogens with zero attached hydrogens (tertiary/aromatic N) is 3. The van der Waals surface area contributed by atoms with Crippen molar-refractivity contribution in [2.75, 3.05) is 18.4 Å². The first-order valence-corrected chi connectivity index (χ1v) is 9.55. The van der Waals surface area contributed by atoms with Gasteiger partial charge in [-0.3, -0.25) is 9.59 Å². The van der Waals surface area contributed by atoms with Gasteiger partial charge in [0, 0.05) is 23.0 Å². The van der Waals surface area contributed by atoms with Crippen molar-refractivity contribution in [1.29, 1.82) is 5.26 Å². The number of hydrogen-bond donors (Lipinski definition) is 1. The number of amides is 2. The lowest BCUT2D eigenvalue weighted by molar-refractivity contribution is -0.117. The third kappa shape index (κ3) is 3.08. The molecule has 0 unspecified atom stereocenters. The zero-order valence-corrected chi connectivity index (χ0v) is 15.5. The molecule has 0 atom stereocenters. The van der Waals surface area contributed by atoms with Crippen LogP contribution in [-0.4, -0.2) is 34.8 Å². The molecule has 1 N–H and O–H groups in total. The second-order valence-electron chi connectivity index (χ2n) is 6.97. The molecule has 0 saturated heterocycles. The number of nitrogens with one attached hydrogen (secondary N) is 1. The summed E-state index contributed by atoms with van der Waals surface area (Å²) in [5, 5.41) is 11.1. The van der Waals surface area contributed by atoms with E-state index in [2.05, 4.69) is 23.3 Å². The number of aromatic nitrogens is 1. The maximum absolute atomic E-state index is 13.9. The predicted octanol–water partition coefficient (Wildman–Crippen LogP) is 2.84. The van der Waals surface area contributed by atoms with Crippen LogP contribution in [0.25, 0.3) is 0 Å². The summed E-state index contributed by atoms with van der Waals surface area (Å²) in [6.45, 7) is 2.42. The van der Waals surface area contributed by atoms with E-state index in [-0.39, 0.29) is 29.2 Å². The Bertz CT molecular complexity index is 990. The van der Waals surface area contributed by atoms with Gasteiger partial charge in [0.05, 0.1) is 10.4 Å². The number of fused-ring (bicyclic) bond motifs is 2. The molecule has 2 aliphatic rings. The largest absolute Gasteiger partial charge is 0.328 e. The topological polar surface area (TPSA) is 86.1 Å². The lowest BCUT2D eigenvalue weighted by atomic mass is 9.91. The summed E-state index contributed by atoms with van der Waals surface area (Å²) in [5.74, 6) is -1.67. The van der Waals surface area contributed by atoms with Crippen molar-refractivity contribution in [3.63, 3.8) is 0 Å². The van der Waals surface area contributed by atoms with E-state index >= 15 is 0 Å². The van der Waals surface area contributed by atoms with E-state index in [1.807, 2.05) is 0 Å². The Morgan fingerprint density at radius 1 is 1.48 bits per heavy atom. The summed E-state index contributed by atoms with van der Waals surface area (Å²) >= 11 is 1.50.